The maximum absolute atomic E-state index is 11.3. The van der Waals surface area contributed by atoms with E-state index in [1.165, 1.54) is 24.3 Å². The van der Waals surface area contributed by atoms with Crippen LogP contribution in [0, 0.1) is 10.1 Å². The molecule has 22 heavy (non-hydrogen) atoms. The normalized spacial score (nSPS) is 10.0. The highest BCUT2D eigenvalue weighted by Gasteiger charge is 2.06. The van der Waals surface area contributed by atoms with Crippen molar-refractivity contribution >= 4 is 17.6 Å². The number of aliphatic carboxylic acids is 1. The Hall–Kier alpha value is -2.64. The molecule has 0 unspecified atom stereocenters. The average molecular weight is 311 g/mol. The molecule has 8 heteroatoms. The summed E-state index contributed by atoms with van der Waals surface area (Å²) in [5.74, 6) is -0.842. The van der Waals surface area contributed by atoms with Gasteiger partial charge in [0, 0.05) is 25.0 Å². The van der Waals surface area contributed by atoms with Gasteiger partial charge in [0.15, 0.2) is 0 Å². The van der Waals surface area contributed by atoms with E-state index >= 15 is 0 Å². The smallest absolute Gasteiger partial charge is 0.305 e. The first-order valence-corrected chi connectivity index (χ1v) is 6.73. The summed E-state index contributed by atoms with van der Waals surface area (Å²) >= 11 is 0. The third kappa shape index (κ3) is 7.22. The topological polar surface area (TPSA) is 116 Å². The van der Waals surface area contributed by atoms with Crippen molar-refractivity contribution in [3.63, 3.8) is 0 Å². The molecule has 0 bridgehead atoms. The molecule has 0 saturated carbocycles. The van der Waals surface area contributed by atoms with Crippen molar-refractivity contribution in [3.05, 3.63) is 34.4 Å². The third-order valence-electron chi connectivity index (χ3n) is 2.68. The molecule has 0 saturated heterocycles. The van der Waals surface area contributed by atoms with Gasteiger partial charge in [-0.25, -0.2) is 0 Å². The number of rotatable bonds is 10. The van der Waals surface area contributed by atoms with E-state index in [9.17, 15) is 19.7 Å². The first kappa shape index (κ1) is 17.4. The Kier molecular flexibility index (Phi) is 7.38. The molecule has 0 spiro atoms. The van der Waals surface area contributed by atoms with Crippen LogP contribution >= 0.6 is 0 Å². The van der Waals surface area contributed by atoms with Gasteiger partial charge >= 0.3 is 11.9 Å². The van der Waals surface area contributed by atoms with Gasteiger partial charge in [-0.2, -0.15) is 0 Å². The SMILES string of the molecule is O=C(O)CCCCC(=O)OCCOc1ccc([N+](=O)[O-])cc1. The Balaban J connectivity index is 2.12. The monoisotopic (exact) mass is 311 g/mol. The second-order valence-electron chi connectivity index (χ2n) is 4.42. The third-order valence-corrected chi connectivity index (χ3v) is 2.68. The summed E-state index contributed by atoms with van der Waals surface area (Å²) in [6.07, 6.45) is 1.11. The van der Waals surface area contributed by atoms with Crippen LogP contribution in [0.15, 0.2) is 24.3 Å². The predicted octanol–water partition coefficient (Wildman–Crippen LogP) is 2.16. The number of non-ortho nitro benzene ring substituents is 1. The molecular formula is C14H17NO7. The van der Waals surface area contributed by atoms with Crippen LogP contribution in [0.4, 0.5) is 5.69 Å². The molecule has 1 rings (SSSR count). The number of nitrogens with zero attached hydrogens (tertiary/aromatic N) is 1. The van der Waals surface area contributed by atoms with Crippen molar-refractivity contribution in [2.45, 2.75) is 25.7 Å². The number of carboxylic acids is 1. The standard InChI is InChI=1S/C14H17NO7/c16-13(17)3-1-2-4-14(18)22-10-9-21-12-7-5-11(6-8-12)15(19)20/h5-8H,1-4,9-10H2,(H,16,17). The van der Waals surface area contributed by atoms with Gasteiger partial charge in [-0.15, -0.1) is 0 Å². The van der Waals surface area contributed by atoms with Gasteiger partial charge in [-0.3, -0.25) is 19.7 Å². The van der Waals surface area contributed by atoms with Crippen LogP contribution < -0.4 is 4.74 Å². The van der Waals surface area contributed by atoms with Gasteiger partial charge < -0.3 is 14.6 Å². The van der Waals surface area contributed by atoms with E-state index in [0.717, 1.165) is 0 Å². The number of hydrogen-bond acceptors (Lipinski definition) is 6. The molecule has 0 radical (unpaired) electrons. The summed E-state index contributed by atoms with van der Waals surface area (Å²) in [7, 11) is 0. The fraction of sp³-hybridized carbons (Fsp3) is 0.429. The van der Waals surface area contributed by atoms with Crippen molar-refractivity contribution < 1.29 is 29.1 Å². The Bertz CT molecular complexity index is 512. The molecule has 0 aliphatic heterocycles. The Morgan fingerprint density at radius 3 is 2.32 bits per heavy atom. The Morgan fingerprint density at radius 1 is 1.09 bits per heavy atom. The lowest BCUT2D eigenvalue weighted by atomic mass is 10.2. The largest absolute Gasteiger partial charge is 0.490 e. The van der Waals surface area contributed by atoms with E-state index < -0.39 is 16.9 Å². The fourth-order valence-corrected chi connectivity index (χ4v) is 1.60. The summed E-state index contributed by atoms with van der Waals surface area (Å²) in [5.41, 5.74) is -0.0276. The number of ether oxygens (including phenoxy) is 2. The zero-order valence-electron chi connectivity index (χ0n) is 11.9. The maximum Gasteiger partial charge on any atom is 0.305 e. The fourth-order valence-electron chi connectivity index (χ4n) is 1.60. The number of hydrogen-bond donors (Lipinski definition) is 1. The van der Waals surface area contributed by atoms with Crippen LogP contribution in [0.1, 0.15) is 25.7 Å². The molecule has 0 amide bonds. The van der Waals surface area contributed by atoms with Gasteiger partial charge in [0.05, 0.1) is 4.92 Å². The molecule has 0 aromatic heterocycles. The number of benzene rings is 1. The van der Waals surface area contributed by atoms with E-state index in [1.54, 1.807) is 0 Å². The molecule has 1 aromatic carbocycles. The quantitative estimate of drug-likeness (QED) is 0.304. The number of carbonyl (C=O) groups excluding carboxylic acids is 1. The highest BCUT2D eigenvalue weighted by molar-refractivity contribution is 5.69. The molecular weight excluding hydrogens is 294 g/mol. The molecule has 1 aromatic rings. The minimum atomic E-state index is -0.884. The first-order valence-electron chi connectivity index (χ1n) is 6.73. The van der Waals surface area contributed by atoms with Crippen LogP contribution in [-0.2, 0) is 14.3 Å². The number of carbonyl (C=O) groups is 2. The van der Waals surface area contributed by atoms with E-state index in [4.69, 9.17) is 14.6 Å². The lowest BCUT2D eigenvalue weighted by Gasteiger charge is -2.07. The second-order valence-corrected chi connectivity index (χ2v) is 4.42. The summed E-state index contributed by atoms with van der Waals surface area (Å²) < 4.78 is 10.2. The van der Waals surface area contributed by atoms with Gasteiger partial charge in [0.25, 0.3) is 5.69 Å². The van der Waals surface area contributed by atoms with Crippen LogP contribution in [0.3, 0.4) is 0 Å². The van der Waals surface area contributed by atoms with Crippen molar-refractivity contribution in [2.75, 3.05) is 13.2 Å². The molecule has 8 nitrogen and oxygen atoms in total. The number of esters is 1. The van der Waals surface area contributed by atoms with E-state index in [0.29, 0.717) is 18.6 Å². The minimum absolute atomic E-state index is 0.0276. The lowest BCUT2D eigenvalue weighted by Crippen LogP contribution is -2.12. The summed E-state index contributed by atoms with van der Waals surface area (Å²) in [6, 6.07) is 5.57. The number of nitro groups is 1. The zero-order chi connectivity index (χ0) is 16.4. The molecule has 0 heterocycles. The number of nitro benzene ring substituents is 1. The zero-order valence-corrected chi connectivity index (χ0v) is 11.9. The molecule has 1 N–H and O–H groups in total. The number of unbranched alkanes of at least 4 members (excludes halogenated alkanes) is 1. The van der Waals surface area contributed by atoms with Crippen molar-refractivity contribution in [1.29, 1.82) is 0 Å². The van der Waals surface area contributed by atoms with Gasteiger partial charge in [-0.1, -0.05) is 0 Å². The predicted molar refractivity (Wildman–Crippen MR) is 75.7 cm³/mol. The van der Waals surface area contributed by atoms with E-state index in [2.05, 4.69) is 0 Å². The van der Waals surface area contributed by atoms with Crippen molar-refractivity contribution in [3.8, 4) is 5.75 Å². The second kappa shape index (κ2) is 9.32. The number of carboxylic acid groups (broad SMARTS) is 1. The van der Waals surface area contributed by atoms with Crippen molar-refractivity contribution in [1.82, 2.24) is 0 Å². The molecule has 0 aliphatic carbocycles. The van der Waals surface area contributed by atoms with Gasteiger partial charge in [0.1, 0.15) is 19.0 Å². The molecule has 120 valence electrons. The van der Waals surface area contributed by atoms with Crippen LogP contribution in [0.2, 0.25) is 0 Å². The van der Waals surface area contributed by atoms with E-state index in [1.807, 2.05) is 0 Å². The Morgan fingerprint density at radius 2 is 1.73 bits per heavy atom. The summed E-state index contributed by atoms with van der Waals surface area (Å²) in [5, 5.41) is 18.9. The van der Waals surface area contributed by atoms with Crippen LogP contribution in [-0.4, -0.2) is 35.2 Å². The lowest BCUT2D eigenvalue weighted by molar-refractivity contribution is -0.384. The molecule has 0 aliphatic rings. The summed E-state index contributed by atoms with van der Waals surface area (Å²) in [4.78, 5) is 31.6. The highest BCUT2D eigenvalue weighted by Crippen LogP contribution is 2.17. The first-order chi connectivity index (χ1) is 10.5. The van der Waals surface area contributed by atoms with Crippen LogP contribution in [0.25, 0.3) is 0 Å². The van der Waals surface area contributed by atoms with Crippen LogP contribution in [0.5, 0.6) is 5.75 Å². The Labute approximate surface area is 126 Å². The molecule has 0 atom stereocenters. The molecule has 0 fully saturated rings. The average Bonchev–Trinajstić information content (AvgIpc) is 2.48. The van der Waals surface area contributed by atoms with Gasteiger partial charge in [-0.05, 0) is 25.0 Å². The highest BCUT2D eigenvalue weighted by atomic mass is 16.6. The summed E-state index contributed by atoms with van der Waals surface area (Å²) in [6.45, 7) is 0.202. The maximum atomic E-state index is 11.3. The minimum Gasteiger partial charge on any atom is -0.490 e. The van der Waals surface area contributed by atoms with E-state index in [-0.39, 0.29) is 31.7 Å². The van der Waals surface area contributed by atoms with Gasteiger partial charge in [0.2, 0.25) is 0 Å². The van der Waals surface area contributed by atoms with Crippen molar-refractivity contribution in [2.24, 2.45) is 0 Å².